The van der Waals surface area contributed by atoms with E-state index in [2.05, 4.69) is 10.2 Å². The van der Waals surface area contributed by atoms with E-state index in [0.29, 0.717) is 5.92 Å². The second-order valence-corrected chi connectivity index (χ2v) is 5.70. The lowest BCUT2D eigenvalue weighted by Crippen LogP contribution is -2.45. The third-order valence-corrected chi connectivity index (χ3v) is 4.34. The highest BCUT2D eigenvalue weighted by Crippen LogP contribution is 2.22. The lowest BCUT2D eigenvalue weighted by Gasteiger charge is -2.34. The van der Waals surface area contributed by atoms with Gasteiger partial charge in [-0.2, -0.15) is 0 Å². The number of hydrogen-bond donors (Lipinski definition) is 1. The molecule has 0 saturated carbocycles. The Balaban J connectivity index is 1.43. The monoisotopic (exact) mass is 274 g/mol. The van der Waals surface area contributed by atoms with Crippen molar-refractivity contribution < 1.29 is 9.53 Å². The summed E-state index contributed by atoms with van der Waals surface area (Å²) in [6.07, 6.45) is 3.21. The van der Waals surface area contributed by atoms with Crippen molar-refractivity contribution in [2.24, 2.45) is 5.92 Å². The highest BCUT2D eigenvalue weighted by Gasteiger charge is 2.32. The molecule has 1 amide bonds. The zero-order valence-corrected chi connectivity index (χ0v) is 11.8. The molecule has 1 N–H and O–H groups in total. The summed E-state index contributed by atoms with van der Waals surface area (Å²) in [5.41, 5.74) is 0. The number of hydrogen-bond acceptors (Lipinski definition) is 3. The van der Waals surface area contributed by atoms with E-state index in [-0.39, 0.29) is 11.9 Å². The van der Waals surface area contributed by atoms with Crippen LogP contribution in [0.4, 0.5) is 0 Å². The van der Waals surface area contributed by atoms with Crippen molar-refractivity contribution in [1.29, 1.82) is 0 Å². The molecule has 2 fully saturated rings. The fourth-order valence-corrected chi connectivity index (χ4v) is 3.09. The van der Waals surface area contributed by atoms with Gasteiger partial charge in [-0.1, -0.05) is 18.2 Å². The molecule has 2 heterocycles. The summed E-state index contributed by atoms with van der Waals surface area (Å²) in [7, 11) is 0. The van der Waals surface area contributed by atoms with Gasteiger partial charge in [0.15, 0.2) is 0 Å². The maximum atomic E-state index is 11.7. The van der Waals surface area contributed by atoms with Crippen LogP contribution in [0, 0.1) is 5.92 Å². The number of carbonyl (C=O) groups excluding carboxylic acids is 1. The molecular formula is C16H22N2O2. The number of amides is 1. The molecular weight excluding hydrogens is 252 g/mol. The fraction of sp³-hybridized carbons (Fsp3) is 0.562. The molecule has 1 aromatic carbocycles. The largest absolute Gasteiger partial charge is 0.493 e. The van der Waals surface area contributed by atoms with Crippen LogP contribution in [-0.4, -0.2) is 43.1 Å². The number of carbonyl (C=O) groups is 1. The van der Waals surface area contributed by atoms with E-state index < -0.39 is 0 Å². The van der Waals surface area contributed by atoms with Crippen LogP contribution in [0.1, 0.15) is 19.3 Å². The van der Waals surface area contributed by atoms with Crippen molar-refractivity contribution in [3.63, 3.8) is 0 Å². The van der Waals surface area contributed by atoms with Crippen LogP contribution in [-0.2, 0) is 4.79 Å². The predicted molar refractivity (Wildman–Crippen MR) is 77.6 cm³/mol. The van der Waals surface area contributed by atoms with Crippen LogP contribution < -0.4 is 10.1 Å². The number of piperidine rings is 1. The topological polar surface area (TPSA) is 41.6 Å². The Hall–Kier alpha value is -1.55. The Bertz CT molecular complexity index is 441. The summed E-state index contributed by atoms with van der Waals surface area (Å²) in [5, 5.41) is 2.92. The molecule has 0 unspecified atom stereocenters. The molecule has 20 heavy (non-hydrogen) atoms. The highest BCUT2D eigenvalue weighted by molar-refractivity contribution is 5.83. The third kappa shape index (κ3) is 3.12. The molecule has 2 saturated heterocycles. The van der Waals surface area contributed by atoms with Gasteiger partial charge in [-0.15, -0.1) is 0 Å². The first-order valence-corrected chi connectivity index (χ1v) is 7.52. The molecule has 108 valence electrons. The number of ether oxygens (including phenoxy) is 1. The van der Waals surface area contributed by atoms with E-state index in [1.54, 1.807) is 0 Å². The second kappa shape index (κ2) is 6.27. The lowest BCUT2D eigenvalue weighted by molar-refractivity contribution is -0.124. The minimum atomic E-state index is 0.117. The van der Waals surface area contributed by atoms with Gasteiger partial charge in [0.25, 0.3) is 0 Å². The van der Waals surface area contributed by atoms with Crippen molar-refractivity contribution in [2.45, 2.75) is 25.3 Å². The van der Waals surface area contributed by atoms with Crippen LogP contribution >= 0.6 is 0 Å². The van der Waals surface area contributed by atoms with Gasteiger partial charge in [-0.25, -0.2) is 0 Å². The molecule has 2 aliphatic rings. The van der Waals surface area contributed by atoms with Crippen LogP contribution in [0.15, 0.2) is 30.3 Å². The minimum absolute atomic E-state index is 0.117. The smallest absolute Gasteiger partial charge is 0.237 e. The van der Waals surface area contributed by atoms with E-state index in [0.717, 1.165) is 51.3 Å². The normalized spacial score (nSPS) is 24.6. The first kappa shape index (κ1) is 13.4. The summed E-state index contributed by atoms with van der Waals surface area (Å²) < 4.78 is 5.83. The molecule has 1 aromatic rings. The van der Waals surface area contributed by atoms with E-state index in [1.165, 1.54) is 0 Å². The molecule has 0 radical (unpaired) electrons. The van der Waals surface area contributed by atoms with Crippen molar-refractivity contribution in [3.8, 4) is 5.75 Å². The van der Waals surface area contributed by atoms with Crippen LogP contribution in [0.2, 0.25) is 0 Å². The van der Waals surface area contributed by atoms with Gasteiger partial charge in [-0.05, 0) is 50.4 Å². The van der Waals surface area contributed by atoms with Crippen LogP contribution in [0.25, 0.3) is 0 Å². The van der Waals surface area contributed by atoms with E-state index in [1.807, 2.05) is 30.3 Å². The first-order chi connectivity index (χ1) is 9.83. The Kier molecular flexibility index (Phi) is 4.21. The van der Waals surface area contributed by atoms with Gasteiger partial charge >= 0.3 is 0 Å². The van der Waals surface area contributed by atoms with Gasteiger partial charge in [0.05, 0.1) is 12.6 Å². The number of nitrogens with zero attached hydrogens (tertiary/aromatic N) is 1. The number of benzene rings is 1. The van der Waals surface area contributed by atoms with Crippen molar-refractivity contribution in [1.82, 2.24) is 10.2 Å². The van der Waals surface area contributed by atoms with Crippen molar-refractivity contribution in [2.75, 3.05) is 26.2 Å². The van der Waals surface area contributed by atoms with E-state index in [4.69, 9.17) is 4.74 Å². The summed E-state index contributed by atoms with van der Waals surface area (Å²) in [6, 6.07) is 10.1. The number of para-hydroxylation sites is 1. The third-order valence-electron chi connectivity index (χ3n) is 4.34. The van der Waals surface area contributed by atoms with Crippen LogP contribution in [0.5, 0.6) is 5.75 Å². The average Bonchev–Trinajstić information content (AvgIpc) is 2.93. The van der Waals surface area contributed by atoms with Crippen molar-refractivity contribution >= 4 is 5.91 Å². The van der Waals surface area contributed by atoms with E-state index >= 15 is 0 Å². The number of rotatable bonds is 4. The van der Waals surface area contributed by atoms with Crippen LogP contribution in [0.3, 0.4) is 0 Å². The second-order valence-electron chi connectivity index (χ2n) is 5.70. The standard InChI is InChI=1S/C16H22N2O2/c19-16-15(6-9-17-16)18-10-7-13(8-11-18)12-20-14-4-2-1-3-5-14/h1-5,13,15H,6-12H2,(H,17,19)/t15-/m1/s1. The SMILES string of the molecule is O=C1NCC[C@H]1N1CCC(COc2ccccc2)CC1. The summed E-state index contributed by atoms with van der Waals surface area (Å²) in [5.74, 6) is 1.77. The molecule has 2 aliphatic heterocycles. The molecule has 4 nitrogen and oxygen atoms in total. The molecule has 0 aromatic heterocycles. The first-order valence-electron chi connectivity index (χ1n) is 7.52. The molecule has 1 atom stereocenters. The Morgan fingerprint density at radius 1 is 1.15 bits per heavy atom. The number of likely N-dealkylation sites (tertiary alicyclic amines) is 1. The predicted octanol–water partition coefficient (Wildman–Crippen LogP) is 1.67. The van der Waals surface area contributed by atoms with E-state index in [9.17, 15) is 4.79 Å². The summed E-state index contributed by atoms with van der Waals surface area (Å²) in [4.78, 5) is 14.0. The summed E-state index contributed by atoms with van der Waals surface area (Å²) >= 11 is 0. The van der Waals surface area contributed by atoms with Gasteiger partial charge in [0, 0.05) is 6.54 Å². The molecule has 0 bridgehead atoms. The highest BCUT2D eigenvalue weighted by atomic mass is 16.5. The quantitative estimate of drug-likeness (QED) is 0.908. The molecule has 3 rings (SSSR count). The Labute approximate surface area is 120 Å². The fourth-order valence-electron chi connectivity index (χ4n) is 3.09. The van der Waals surface area contributed by atoms with Gasteiger partial charge in [0.2, 0.25) is 5.91 Å². The number of nitrogens with one attached hydrogen (secondary N) is 1. The minimum Gasteiger partial charge on any atom is -0.493 e. The zero-order chi connectivity index (χ0) is 13.8. The average molecular weight is 274 g/mol. The zero-order valence-electron chi connectivity index (χ0n) is 11.8. The Morgan fingerprint density at radius 2 is 1.90 bits per heavy atom. The Morgan fingerprint density at radius 3 is 2.55 bits per heavy atom. The molecule has 0 spiro atoms. The van der Waals surface area contributed by atoms with Gasteiger partial charge < -0.3 is 10.1 Å². The maximum absolute atomic E-state index is 11.7. The molecule has 4 heteroatoms. The van der Waals surface area contributed by atoms with Crippen molar-refractivity contribution in [3.05, 3.63) is 30.3 Å². The maximum Gasteiger partial charge on any atom is 0.237 e. The van der Waals surface area contributed by atoms with Gasteiger partial charge in [-0.3, -0.25) is 9.69 Å². The lowest BCUT2D eigenvalue weighted by atomic mass is 9.96. The molecule has 0 aliphatic carbocycles. The summed E-state index contributed by atoms with van der Waals surface area (Å²) in [6.45, 7) is 3.65. The van der Waals surface area contributed by atoms with Gasteiger partial charge in [0.1, 0.15) is 5.75 Å².